The monoisotopic (exact) mass is 272 g/mol. The lowest BCUT2D eigenvalue weighted by atomic mass is 10.2. The number of nitrogens with one attached hydrogen (secondary N) is 1. The Morgan fingerprint density at radius 1 is 1.32 bits per heavy atom. The predicted octanol–water partition coefficient (Wildman–Crippen LogP) is -0.659. The molecule has 1 heterocycles. The Kier molecular flexibility index (Phi) is 6.27. The number of nitrogens with zero attached hydrogens (tertiary/aromatic N) is 1. The van der Waals surface area contributed by atoms with Crippen LogP contribution in [0.4, 0.5) is 0 Å². The van der Waals surface area contributed by atoms with Crippen LogP contribution in [0.3, 0.4) is 0 Å². The van der Waals surface area contributed by atoms with Crippen LogP contribution in [-0.2, 0) is 14.4 Å². The molecular formula is C12H20N2O5. The molecule has 0 spiro atoms. The van der Waals surface area contributed by atoms with Gasteiger partial charge in [-0.1, -0.05) is 6.42 Å². The molecule has 0 aliphatic carbocycles. The van der Waals surface area contributed by atoms with Crippen LogP contribution >= 0.6 is 0 Å². The topological polar surface area (TPSA) is 107 Å². The van der Waals surface area contributed by atoms with Gasteiger partial charge in [0.1, 0.15) is 0 Å². The number of rotatable bonds is 6. The Morgan fingerprint density at radius 2 is 2.05 bits per heavy atom. The zero-order valence-corrected chi connectivity index (χ0v) is 10.8. The van der Waals surface area contributed by atoms with Crippen molar-refractivity contribution in [2.24, 2.45) is 0 Å². The molecule has 0 aromatic heterocycles. The highest BCUT2D eigenvalue weighted by Gasteiger charge is 2.19. The summed E-state index contributed by atoms with van der Waals surface area (Å²) in [6.07, 6.45) is 1.72. The van der Waals surface area contributed by atoms with E-state index in [0.29, 0.717) is 13.0 Å². The first-order chi connectivity index (χ1) is 9.00. The van der Waals surface area contributed by atoms with Crippen molar-refractivity contribution in [3.63, 3.8) is 0 Å². The quantitative estimate of drug-likeness (QED) is 0.595. The Morgan fingerprint density at radius 3 is 2.74 bits per heavy atom. The van der Waals surface area contributed by atoms with E-state index in [9.17, 15) is 14.4 Å². The molecule has 7 heteroatoms. The molecule has 0 bridgehead atoms. The Labute approximate surface area is 111 Å². The number of carbonyl (C=O) groups excluding carboxylic acids is 2. The van der Waals surface area contributed by atoms with Gasteiger partial charge in [-0.05, 0) is 12.8 Å². The zero-order chi connectivity index (χ0) is 14.3. The molecule has 1 atom stereocenters. The van der Waals surface area contributed by atoms with E-state index in [1.54, 1.807) is 0 Å². The maximum atomic E-state index is 11.6. The average molecular weight is 272 g/mol. The maximum Gasteiger partial charge on any atom is 0.332 e. The average Bonchev–Trinajstić information content (AvgIpc) is 2.54. The SMILES string of the molecule is O=C(CN1CCCCCC1=O)NCC[C@H](O)C(=O)O. The molecule has 2 amide bonds. The number of aliphatic hydroxyl groups excluding tert-OH is 1. The molecule has 1 rings (SSSR count). The number of carbonyl (C=O) groups is 3. The standard InChI is InChI=1S/C12H20N2O5/c15-9(12(18)19)5-6-13-10(16)8-14-7-3-1-2-4-11(14)17/h9,15H,1-8H2,(H,13,16)(H,18,19)/t9-/m0/s1. The van der Waals surface area contributed by atoms with Crippen molar-refractivity contribution in [2.45, 2.75) is 38.2 Å². The molecule has 3 N–H and O–H groups in total. The van der Waals surface area contributed by atoms with E-state index < -0.39 is 12.1 Å². The molecule has 1 aliphatic rings. The highest BCUT2D eigenvalue weighted by Crippen LogP contribution is 2.10. The molecule has 7 nitrogen and oxygen atoms in total. The Bertz CT molecular complexity index is 345. The van der Waals surface area contributed by atoms with Gasteiger partial charge in [0, 0.05) is 25.9 Å². The summed E-state index contributed by atoms with van der Waals surface area (Å²) in [4.78, 5) is 35.1. The second-order valence-electron chi connectivity index (χ2n) is 4.62. The maximum absolute atomic E-state index is 11.6. The third-order valence-electron chi connectivity index (χ3n) is 3.03. The van der Waals surface area contributed by atoms with Crippen LogP contribution in [-0.4, -0.2) is 58.6 Å². The van der Waals surface area contributed by atoms with Crippen molar-refractivity contribution in [1.82, 2.24) is 10.2 Å². The van der Waals surface area contributed by atoms with Crippen LogP contribution in [0.1, 0.15) is 32.1 Å². The lowest BCUT2D eigenvalue weighted by Crippen LogP contribution is -2.41. The second-order valence-corrected chi connectivity index (χ2v) is 4.62. The Balaban J connectivity index is 2.26. The van der Waals surface area contributed by atoms with Crippen molar-refractivity contribution in [3.05, 3.63) is 0 Å². The smallest absolute Gasteiger partial charge is 0.332 e. The van der Waals surface area contributed by atoms with E-state index in [1.165, 1.54) is 4.90 Å². The number of hydrogen-bond acceptors (Lipinski definition) is 4. The summed E-state index contributed by atoms with van der Waals surface area (Å²) in [5, 5.41) is 20.0. The minimum atomic E-state index is -1.47. The molecule has 0 radical (unpaired) electrons. The van der Waals surface area contributed by atoms with Crippen LogP contribution in [0, 0.1) is 0 Å². The van der Waals surface area contributed by atoms with Crippen LogP contribution in [0.25, 0.3) is 0 Å². The first-order valence-corrected chi connectivity index (χ1v) is 6.46. The number of likely N-dealkylation sites (tertiary alicyclic amines) is 1. The summed E-state index contributed by atoms with van der Waals surface area (Å²) in [6.45, 7) is 0.667. The van der Waals surface area contributed by atoms with E-state index in [2.05, 4.69) is 5.32 Å². The van der Waals surface area contributed by atoms with Gasteiger partial charge in [0.25, 0.3) is 0 Å². The minimum absolute atomic E-state index is 0.00198. The van der Waals surface area contributed by atoms with Crippen LogP contribution in [0.2, 0.25) is 0 Å². The Hall–Kier alpha value is -1.63. The van der Waals surface area contributed by atoms with E-state index in [0.717, 1.165) is 19.3 Å². The minimum Gasteiger partial charge on any atom is -0.479 e. The van der Waals surface area contributed by atoms with E-state index in [-0.39, 0.29) is 31.3 Å². The summed E-state index contributed by atoms with van der Waals surface area (Å²) in [6, 6.07) is 0. The summed E-state index contributed by atoms with van der Waals surface area (Å²) in [5.74, 6) is -1.65. The van der Waals surface area contributed by atoms with Gasteiger partial charge in [-0.15, -0.1) is 0 Å². The van der Waals surface area contributed by atoms with Crippen LogP contribution < -0.4 is 5.32 Å². The van der Waals surface area contributed by atoms with Gasteiger partial charge in [-0.2, -0.15) is 0 Å². The van der Waals surface area contributed by atoms with Crippen LogP contribution in [0.5, 0.6) is 0 Å². The molecule has 1 aliphatic heterocycles. The molecule has 108 valence electrons. The highest BCUT2D eigenvalue weighted by molar-refractivity contribution is 5.84. The predicted molar refractivity (Wildman–Crippen MR) is 66.3 cm³/mol. The van der Waals surface area contributed by atoms with E-state index in [1.807, 2.05) is 0 Å². The van der Waals surface area contributed by atoms with Crippen molar-refractivity contribution >= 4 is 17.8 Å². The number of amides is 2. The lowest BCUT2D eigenvalue weighted by molar-refractivity contribution is -0.147. The number of aliphatic carboxylic acids is 1. The molecule has 0 unspecified atom stereocenters. The van der Waals surface area contributed by atoms with E-state index >= 15 is 0 Å². The summed E-state index contributed by atoms with van der Waals surface area (Å²) in [7, 11) is 0. The van der Waals surface area contributed by atoms with Crippen molar-refractivity contribution < 1.29 is 24.6 Å². The third kappa shape index (κ3) is 5.69. The van der Waals surface area contributed by atoms with Crippen molar-refractivity contribution in [3.8, 4) is 0 Å². The number of carboxylic acid groups (broad SMARTS) is 1. The molecule has 0 aromatic carbocycles. The molecule has 0 aromatic rings. The molecule has 1 fully saturated rings. The van der Waals surface area contributed by atoms with Gasteiger partial charge < -0.3 is 20.4 Å². The second kappa shape index (κ2) is 7.73. The fourth-order valence-corrected chi connectivity index (χ4v) is 1.91. The van der Waals surface area contributed by atoms with E-state index in [4.69, 9.17) is 10.2 Å². The highest BCUT2D eigenvalue weighted by atomic mass is 16.4. The third-order valence-corrected chi connectivity index (χ3v) is 3.03. The fraction of sp³-hybridized carbons (Fsp3) is 0.750. The van der Waals surface area contributed by atoms with Gasteiger partial charge in [0.05, 0.1) is 6.54 Å². The number of aliphatic hydroxyl groups is 1. The number of carboxylic acids is 1. The first kappa shape index (κ1) is 15.4. The summed E-state index contributed by atoms with van der Waals surface area (Å²) in [5.41, 5.74) is 0. The zero-order valence-electron chi connectivity index (χ0n) is 10.8. The first-order valence-electron chi connectivity index (χ1n) is 6.46. The normalized spacial score (nSPS) is 17.7. The van der Waals surface area contributed by atoms with Gasteiger partial charge in [0.2, 0.25) is 11.8 Å². The number of hydrogen-bond donors (Lipinski definition) is 3. The van der Waals surface area contributed by atoms with Gasteiger partial charge in [-0.25, -0.2) is 4.79 Å². The molecule has 19 heavy (non-hydrogen) atoms. The summed E-state index contributed by atoms with van der Waals surface area (Å²) < 4.78 is 0. The summed E-state index contributed by atoms with van der Waals surface area (Å²) >= 11 is 0. The molecule has 0 saturated carbocycles. The van der Waals surface area contributed by atoms with Crippen molar-refractivity contribution in [1.29, 1.82) is 0 Å². The fourth-order valence-electron chi connectivity index (χ4n) is 1.91. The van der Waals surface area contributed by atoms with Gasteiger partial charge in [0.15, 0.2) is 6.10 Å². The van der Waals surface area contributed by atoms with Gasteiger partial charge >= 0.3 is 5.97 Å². The van der Waals surface area contributed by atoms with Crippen molar-refractivity contribution in [2.75, 3.05) is 19.6 Å². The molecular weight excluding hydrogens is 252 g/mol. The van der Waals surface area contributed by atoms with Crippen LogP contribution in [0.15, 0.2) is 0 Å². The molecule has 1 saturated heterocycles. The van der Waals surface area contributed by atoms with Gasteiger partial charge in [-0.3, -0.25) is 9.59 Å². The lowest BCUT2D eigenvalue weighted by Gasteiger charge is -2.19. The largest absolute Gasteiger partial charge is 0.479 e.